The molecule has 112 valence electrons. The lowest BCUT2D eigenvalue weighted by Gasteiger charge is -2.35. The molecule has 0 unspecified atom stereocenters. The highest BCUT2D eigenvalue weighted by atomic mass is 16.2. The third-order valence-electron chi connectivity index (χ3n) is 3.77. The Bertz CT molecular complexity index is 435. The maximum Gasteiger partial charge on any atom is 0.222 e. The van der Waals surface area contributed by atoms with Crippen LogP contribution in [0.2, 0.25) is 0 Å². The van der Waals surface area contributed by atoms with Crippen molar-refractivity contribution in [2.75, 3.05) is 32.7 Å². The number of aromatic nitrogens is 3. The van der Waals surface area contributed by atoms with Gasteiger partial charge >= 0.3 is 0 Å². The van der Waals surface area contributed by atoms with Crippen LogP contribution in [0.1, 0.15) is 26.1 Å². The minimum atomic E-state index is 0.300. The van der Waals surface area contributed by atoms with Gasteiger partial charge in [-0.15, -0.1) is 10.2 Å². The van der Waals surface area contributed by atoms with Crippen molar-refractivity contribution in [3.63, 3.8) is 0 Å². The van der Waals surface area contributed by atoms with Crippen LogP contribution in [0, 0.1) is 12.8 Å². The molecule has 1 amide bonds. The number of rotatable bonds is 5. The number of piperazine rings is 1. The number of nitrogens with zero attached hydrogens (tertiary/aromatic N) is 5. The first kappa shape index (κ1) is 15.0. The molecule has 0 N–H and O–H groups in total. The SMILES string of the molecule is Cc1nncn1CCN1CCN(C(=O)CC(C)C)CC1. The monoisotopic (exact) mass is 279 g/mol. The number of hydrogen-bond acceptors (Lipinski definition) is 4. The summed E-state index contributed by atoms with van der Waals surface area (Å²) in [6.07, 6.45) is 2.44. The van der Waals surface area contributed by atoms with E-state index >= 15 is 0 Å². The van der Waals surface area contributed by atoms with Gasteiger partial charge in [-0.1, -0.05) is 13.8 Å². The Morgan fingerprint density at radius 2 is 1.95 bits per heavy atom. The lowest BCUT2D eigenvalue weighted by Crippen LogP contribution is -2.49. The normalized spacial score (nSPS) is 16.9. The molecule has 0 aromatic carbocycles. The van der Waals surface area contributed by atoms with Gasteiger partial charge in [-0.2, -0.15) is 0 Å². The second-order valence-electron chi connectivity index (χ2n) is 5.89. The molecule has 2 rings (SSSR count). The van der Waals surface area contributed by atoms with Crippen molar-refractivity contribution in [3.05, 3.63) is 12.2 Å². The van der Waals surface area contributed by atoms with E-state index in [9.17, 15) is 4.79 Å². The van der Waals surface area contributed by atoms with Crippen molar-refractivity contribution >= 4 is 5.91 Å². The lowest BCUT2D eigenvalue weighted by atomic mass is 10.1. The molecule has 2 heterocycles. The van der Waals surface area contributed by atoms with Crippen molar-refractivity contribution in [3.8, 4) is 0 Å². The van der Waals surface area contributed by atoms with Crippen LogP contribution in [0.15, 0.2) is 6.33 Å². The minimum absolute atomic E-state index is 0.300. The van der Waals surface area contributed by atoms with E-state index in [-0.39, 0.29) is 0 Å². The van der Waals surface area contributed by atoms with Crippen LogP contribution in [-0.2, 0) is 11.3 Å². The Hall–Kier alpha value is -1.43. The molecule has 0 bridgehead atoms. The van der Waals surface area contributed by atoms with Gasteiger partial charge in [0.15, 0.2) is 0 Å². The van der Waals surface area contributed by atoms with Crippen LogP contribution in [0.3, 0.4) is 0 Å². The number of aryl methyl sites for hydroxylation is 1. The van der Waals surface area contributed by atoms with Crippen LogP contribution in [0.5, 0.6) is 0 Å². The molecule has 6 nitrogen and oxygen atoms in total. The molecule has 1 aromatic rings. The smallest absolute Gasteiger partial charge is 0.222 e. The van der Waals surface area contributed by atoms with E-state index in [1.165, 1.54) is 0 Å². The van der Waals surface area contributed by atoms with Crippen molar-refractivity contribution in [1.29, 1.82) is 0 Å². The maximum atomic E-state index is 12.0. The second-order valence-corrected chi connectivity index (χ2v) is 5.89. The fourth-order valence-electron chi connectivity index (χ4n) is 2.48. The third kappa shape index (κ3) is 4.03. The Morgan fingerprint density at radius 3 is 2.50 bits per heavy atom. The molecule has 6 heteroatoms. The summed E-state index contributed by atoms with van der Waals surface area (Å²) >= 11 is 0. The molecule has 0 atom stereocenters. The van der Waals surface area contributed by atoms with Gasteiger partial charge in [0.2, 0.25) is 5.91 Å². The molecule has 1 fully saturated rings. The molecule has 0 saturated carbocycles. The van der Waals surface area contributed by atoms with E-state index < -0.39 is 0 Å². The van der Waals surface area contributed by atoms with Gasteiger partial charge in [0.25, 0.3) is 0 Å². The van der Waals surface area contributed by atoms with Gasteiger partial charge in [0.05, 0.1) is 0 Å². The first-order valence-corrected chi connectivity index (χ1v) is 7.41. The van der Waals surface area contributed by atoms with Crippen LogP contribution in [0.25, 0.3) is 0 Å². The summed E-state index contributed by atoms with van der Waals surface area (Å²) < 4.78 is 2.07. The summed E-state index contributed by atoms with van der Waals surface area (Å²) in [5, 5.41) is 7.87. The van der Waals surface area contributed by atoms with Gasteiger partial charge in [-0.05, 0) is 12.8 Å². The highest BCUT2D eigenvalue weighted by Gasteiger charge is 2.21. The van der Waals surface area contributed by atoms with E-state index in [2.05, 4.69) is 33.5 Å². The molecule has 1 aromatic heterocycles. The standard InChI is InChI=1S/C14H25N5O/c1-12(2)10-14(20)18-7-4-17(5-8-18)6-9-19-11-15-16-13(19)3/h11-12H,4-10H2,1-3H3. The predicted octanol–water partition coefficient (Wildman–Crippen LogP) is 0.777. The predicted molar refractivity (Wildman–Crippen MR) is 77.2 cm³/mol. The van der Waals surface area contributed by atoms with Crippen molar-refractivity contribution < 1.29 is 4.79 Å². The van der Waals surface area contributed by atoms with Gasteiger partial charge < -0.3 is 9.47 Å². The van der Waals surface area contributed by atoms with E-state index in [1.54, 1.807) is 6.33 Å². The molecule has 1 aliphatic heterocycles. The molecule has 1 aliphatic rings. The average Bonchev–Trinajstić information content (AvgIpc) is 2.82. The van der Waals surface area contributed by atoms with E-state index in [1.807, 2.05) is 11.8 Å². The highest BCUT2D eigenvalue weighted by molar-refractivity contribution is 5.76. The summed E-state index contributed by atoms with van der Waals surface area (Å²) in [7, 11) is 0. The maximum absolute atomic E-state index is 12.0. The summed E-state index contributed by atoms with van der Waals surface area (Å²) in [5.41, 5.74) is 0. The fourth-order valence-corrected chi connectivity index (χ4v) is 2.48. The molecule has 0 spiro atoms. The van der Waals surface area contributed by atoms with E-state index in [0.29, 0.717) is 18.2 Å². The third-order valence-corrected chi connectivity index (χ3v) is 3.77. The zero-order chi connectivity index (χ0) is 14.5. The molecule has 20 heavy (non-hydrogen) atoms. The summed E-state index contributed by atoms with van der Waals surface area (Å²) in [5.74, 6) is 1.70. The summed E-state index contributed by atoms with van der Waals surface area (Å²) in [6.45, 7) is 11.7. The zero-order valence-electron chi connectivity index (χ0n) is 12.7. The Kier molecular flexibility index (Phi) is 5.11. The van der Waals surface area contributed by atoms with Gasteiger partial charge in [-0.3, -0.25) is 9.69 Å². The Balaban J connectivity index is 1.72. The average molecular weight is 279 g/mol. The van der Waals surface area contributed by atoms with Crippen LogP contribution in [0.4, 0.5) is 0 Å². The lowest BCUT2D eigenvalue weighted by molar-refractivity contribution is -0.133. The van der Waals surface area contributed by atoms with Crippen LogP contribution in [-0.4, -0.2) is 63.2 Å². The number of carbonyl (C=O) groups is 1. The number of carbonyl (C=O) groups excluding carboxylic acids is 1. The van der Waals surface area contributed by atoms with Crippen molar-refractivity contribution in [2.45, 2.75) is 33.7 Å². The largest absolute Gasteiger partial charge is 0.340 e. The molecule has 1 saturated heterocycles. The van der Waals surface area contributed by atoms with Gasteiger partial charge in [0, 0.05) is 45.7 Å². The van der Waals surface area contributed by atoms with Crippen molar-refractivity contribution in [1.82, 2.24) is 24.6 Å². The Morgan fingerprint density at radius 1 is 1.25 bits per heavy atom. The van der Waals surface area contributed by atoms with Crippen LogP contribution < -0.4 is 0 Å². The second kappa shape index (κ2) is 6.83. The van der Waals surface area contributed by atoms with E-state index in [4.69, 9.17) is 0 Å². The van der Waals surface area contributed by atoms with Gasteiger partial charge in [-0.25, -0.2) is 0 Å². The first-order chi connectivity index (χ1) is 9.56. The van der Waals surface area contributed by atoms with Gasteiger partial charge in [0.1, 0.15) is 12.2 Å². The zero-order valence-corrected chi connectivity index (χ0v) is 12.7. The summed E-state index contributed by atoms with van der Waals surface area (Å²) in [6, 6.07) is 0. The molecular weight excluding hydrogens is 254 g/mol. The molecular formula is C14H25N5O. The summed E-state index contributed by atoms with van der Waals surface area (Å²) in [4.78, 5) is 16.4. The Labute approximate surface area is 120 Å². The molecule has 0 aliphatic carbocycles. The quantitative estimate of drug-likeness (QED) is 0.799. The first-order valence-electron chi connectivity index (χ1n) is 7.41. The van der Waals surface area contributed by atoms with Crippen LogP contribution >= 0.6 is 0 Å². The van der Waals surface area contributed by atoms with E-state index in [0.717, 1.165) is 45.1 Å². The number of amides is 1. The molecule has 0 radical (unpaired) electrons. The van der Waals surface area contributed by atoms with Crippen molar-refractivity contribution in [2.24, 2.45) is 5.92 Å². The minimum Gasteiger partial charge on any atom is -0.340 e. The highest BCUT2D eigenvalue weighted by Crippen LogP contribution is 2.08. The number of hydrogen-bond donors (Lipinski definition) is 0. The fraction of sp³-hybridized carbons (Fsp3) is 0.786. The topological polar surface area (TPSA) is 54.3 Å².